The first-order valence-corrected chi connectivity index (χ1v) is 5.72. The first-order chi connectivity index (χ1) is 6.98. The third kappa shape index (κ3) is 3.34. The number of hydrogen-bond acceptors (Lipinski definition) is 2. The van der Waals surface area contributed by atoms with Crippen molar-refractivity contribution in [3.05, 3.63) is 18.0 Å². The lowest BCUT2D eigenvalue weighted by atomic mass is 9.88. The van der Waals surface area contributed by atoms with E-state index in [4.69, 9.17) is 5.73 Å². The molecule has 0 amide bonds. The van der Waals surface area contributed by atoms with Gasteiger partial charge in [0.2, 0.25) is 0 Å². The zero-order chi connectivity index (χ0) is 11.5. The molecule has 0 fully saturated rings. The molecule has 2 N–H and O–H groups in total. The van der Waals surface area contributed by atoms with E-state index < -0.39 is 0 Å². The molecular formula is C12H23N3. The van der Waals surface area contributed by atoms with Gasteiger partial charge in [-0.15, -0.1) is 0 Å². The van der Waals surface area contributed by atoms with Crippen molar-refractivity contribution in [2.75, 3.05) is 6.54 Å². The Morgan fingerprint density at radius 2 is 2.20 bits per heavy atom. The maximum atomic E-state index is 5.71. The van der Waals surface area contributed by atoms with Crippen LogP contribution in [0.2, 0.25) is 0 Å². The van der Waals surface area contributed by atoms with Crippen LogP contribution in [0, 0.1) is 5.41 Å². The maximum absolute atomic E-state index is 5.71. The van der Waals surface area contributed by atoms with Gasteiger partial charge < -0.3 is 5.73 Å². The Hall–Kier alpha value is -0.830. The van der Waals surface area contributed by atoms with Crippen LogP contribution >= 0.6 is 0 Å². The second-order valence-corrected chi connectivity index (χ2v) is 5.09. The molecule has 0 aliphatic heterocycles. The van der Waals surface area contributed by atoms with E-state index in [2.05, 4.69) is 45.1 Å². The van der Waals surface area contributed by atoms with E-state index in [0.29, 0.717) is 12.6 Å². The number of hydrogen-bond donors (Lipinski definition) is 1. The fourth-order valence-electron chi connectivity index (χ4n) is 1.47. The van der Waals surface area contributed by atoms with Crippen molar-refractivity contribution in [3.63, 3.8) is 0 Å². The molecule has 1 unspecified atom stereocenters. The zero-order valence-corrected chi connectivity index (χ0v) is 10.3. The van der Waals surface area contributed by atoms with E-state index in [-0.39, 0.29) is 5.41 Å². The summed E-state index contributed by atoms with van der Waals surface area (Å²) in [6.45, 7) is 9.41. The van der Waals surface area contributed by atoms with Gasteiger partial charge >= 0.3 is 0 Å². The smallest absolute Gasteiger partial charge is 0.0630 e. The fraction of sp³-hybridized carbons (Fsp3) is 0.750. The van der Waals surface area contributed by atoms with E-state index in [0.717, 1.165) is 18.5 Å². The standard InChI is InChI=1S/C12H23N3/c1-5-10(2)15-7-6-11(14-15)8-12(3,4)9-13/h6-7,10H,5,8-9,13H2,1-4H3. The Morgan fingerprint density at radius 1 is 1.53 bits per heavy atom. The third-order valence-electron chi connectivity index (χ3n) is 2.92. The predicted molar refractivity (Wildman–Crippen MR) is 63.8 cm³/mol. The lowest BCUT2D eigenvalue weighted by Gasteiger charge is -2.20. The first kappa shape index (κ1) is 12.2. The topological polar surface area (TPSA) is 43.8 Å². The summed E-state index contributed by atoms with van der Waals surface area (Å²) >= 11 is 0. The predicted octanol–water partition coefficient (Wildman–Crippen LogP) is 2.38. The molecule has 15 heavy (non-hydrogen) atoms. The van der Waals surface area contributed by atoms with E-state index in [1.165, 1.54) is 0 Å². The van der Waals surface area contributed by atoms with Crippen LogP contribution in [0.5, 0.6) is 0 Å². The maximum Gasteiger partial charge on any atom is 0.0630 e. The lowest BCUT2D eigenvalue weighted by Crippen LogP contribution is -2.26. The van der Waals surface area contributed by atoms with Crippen LogP contribution in [0.15, 0.2) is 12.3 Å². The van der Waals surface area contributed by atoms with Crippen LogP contribution in [0.25, 0.3) is 0 Å². The number of rotatable bonds is 5. The summed E-state index contributed by atoms with van der Waals surface area (Å²) in [6, 6.07) is 2.59. The van der Waals surface area contributed by atoms with Gasteiger partial charge in [-0.3, -0.25) is 4.68 Å². The van der Waals surface area contributed by atoms with E-state index in [1.807, 2.05) is 4.68 Å². The molecule has 0 aromatic carbocycles. The molecule has 86 valence electrons. The quantitative estimate of drug-likeness (QED) is 0.809. The average Bonchev–Trinajstić information content (AvgIpc) is 2.64. The van der Waals surface area contributed by atoms with Gasteiger partial charge in [0.05, 0.1) is 5.69 Å². The Labute approximate surface area is 92.7 Å². The summed E-state index contributed by atoms with van der Waals surface area (Å²) in [7, 11) is 0. The molecule has 1 heterocycles. The molecule has 1 rings (SSSR count). The number of aromatic nitrogens is 2. The van der Waals surface area contributed by atoms with Crippen molar-refractivity contribution in [2.45, 2.75) is 46.6 Å². The molecule has 3 nitrogen and oxygen atoms in total. The SMILES string of the molecule is CCC(C)n1ccc(CC(C)(C)CN)n1. The summed E-state index contributed by atoms with van der Waals surface area (Å²) < 4.78 is 2.04. The molecule has 0 bridgehead atoms. The van der Waals surface area contributed by atoms with E-state index in [9.17, 15) is 0 Å². The lowest BCUT2D eigenvalue weighted by molar-refractivity contribution is 0.367. The highest BCUT2D eigenvalue weighted by Gasteiger charge is 2.18. The molecule has 0 radical (unpaired) electrons. The second-order valence-electron chi connectivity index (χ2n) is 5.09. The van der Waals surface area contributed by atoms with Crippen molar-refractivity contribution in [3.8, 4) is 0 Å². The molecule has 0 aliphatic rings. The van der Waals surface area contributed by atoms with Gasteiger partial charge in [-0.05, 0) is 37.8 Å². The highest BCUT2D eigenvalue weighted by atomic mass is 15.3. The first-order valence-electron chi connectivity index (χ1n) is 5.72. The van der Waals surface area contributed by atoms with E-state index in [1.54, 1.807) is 0 Å². The second kappa shape index (κ2) is 4.79. The highest BCUT2D eigenvalue weighted by molar-refractivity contribution is 5.02. The van der Waals surface area contributed by atoms with Crippen molar-refractivity contribution in [1.29, 1.82) is 0 Å². The number of nitrogens with two attached hydrogens (primary N) is 1. The van der Waals surface area contributed by atoms with Crippen LogP contribution in [0.3, 0.4) is 0 Å². The monoisotopic (exact) mass is 209 g/mol. The third-order valence-corrected chi connectivity index (χ3v) is 2.92. The van der Waals surface area contributed by atoms with Crippen molar-refractivity contribution in [2.24, 2.45) is 11.1 Å². The van der Waals surface area contributed by atoms with Gasteiger partial charge in [-0.1, -0.05) is 20.8 Å². The summed E-state index contributed by atoms with van der Waals surface area (Å²) in [5.41, 5.74) is 7.00. The molecule has 0 aliphatic carbocycles. The Morgan fingerprint density at radius 3 is 2.73 bits per heavy atom. The Balaban J connectivity index is 2.68. The Kier molecular flexibility index (Phi) is 3.91. The molecule has 1 aromatic rings. The van der Waals surface area contributed by atoms with Crippen LogP contribution in [0.4, 0.5) is 0 Å². The fourth-order valence-corrected chi connectivity index (χ4v) is 1.47. The average molecular weight is 209 g/mol. The van der Waals surface area contributed by atoms with Gasteiger partial charge in [0.25, 0.3) is 0 Å². The van der Waals surface area contributed by atoms with Crippen molar-refractivity contribution >= 4 is 0 Å². The molecule has 0 spiro atoms. The molecular weight excluding hydrogens is 186 g/mol. The molecule has 0 saturated carbocycles. The van der Waals surface area contributed by atoms with Crippen molar-refractivity contribution in [1.82, 2.24) is 9.78 Å². The normalized spacial score (nSPS) is 14.2. The summed E-state index contributed by atoms with van der Waals surface area (Å²) in [4.78, 5) is 0. The summed E-state index contributed by atoms with van der Waals surface area (Å²) in [5.74, 6) is 0. The Bertz CT molecular complexity index is 302. The van der Waals surface area contributed by atoms with Crippen LogP contribution in [0.1, 0.15) is 45.9 Å². The minimum absolute atomic E-state index is 0.147. The van der Waals surface area contributed by atoms with Gasteiger partial charge in [0, 0.05) is 12.2 Å². The molecule has 0 saturated heterocycles. The number of nitrogens with zero attached hydrogens (tertiary/aromatic N) is 2. The minimum atomic E-state index is 0.147. The summed E-state index contributed by atoms with van der Waals surface area (Å²) in [6.07, 6.45) is 4.13. The van der Waals surface area contributed by atoms with Gasteiger partial charge in [0.15, 0.2) is 0 Å². The molecule has 1 atom stereocenters. The van der Waals surface area contributed by atoms with Crippen LogP contribution in [-0.4, -0.2) is 16.3 Å². The van der Waals surface area contributed by atoms with E-state index >= 15 is 0 Å². The van der Waals surface area contributed by atoms with Gasteiger partial charge in [0.1, 0.15) is 0 Å². The van der Waals surface area contributed by atoms with Crippen LogP contribution < -0.4 is 5.73 Å². The molecule has 3 heteroatoms. The van der Waals surface area contributed by atoms with Gasteiger partial charge in [-0.25, -0.2) is 0 Å². The van der Waals surface area contributed by atoms with Crippen LogP contribution in [-0.2, 0) is 6.42 Å². The largest absolute Gasteiger partial charge is 0.330 e. The zero-order valence-electron chi connectivity index (χ0n) is 10.3. The molecule has 1 aromatic heterocycles. The van der Waals surface area contributed by atoms with Crippen molar-refractivity contribution < 1.29 is 0 Å². The minimum Gasteiger partial charge on any atom is -0.330 e. The summed E-state index contributed by atoms with van der Waals surface area (Å²) in [5, 5.41) is 4.58. The van der Waals surface area contributed by atoms with Gasteiger partial charge in [-0.2, -0.15) is 5.10 Å². The highest BCUT2D eigenvalue weighted by Crippen LogP contribution is 2.19.